The van der Waals surface area contributed by atoms with E-state index < -0.39 is 0 Å². The van der Waals surface area contributed by atoms with Crippen LogP contribution in [0, 0.1) is 0 Å². The average Bonchev–Trinajstić information content (AvgIpc) is 2.38. The van der Waals surface area contributed by atoms with E-state index in [0.717, 1.165) is 5.56 Å². The minimum absolute atomic E-state index is 0.0131. The number of hydrogen-bond acceptors (Lipinski definition) is 3. The summed E-state index contributed by atoms with van der Waals surface area (Å²) in [5, 5.41) is 11.6. The van der Waals surface area contributed by atoms with Gasteiger partial charge in [0.25, 0.3) is 0 Å². The first-order valence-electron chi connectivity index (χ1n) is 5.69. The molecule has 1 aromatic rings. The van der Waals surface area contributed by atoms with Gasteiger partial charge in [0, 0.05) is 12.3 Å². The van der Waals surface area contributed by atoms with Crippen molar-refractivity contribution in [3.05, 3.63) is 35.9 Å². The van der Waals surface area contributed by atoms with Gasteiger partial charge in [-0.25, -0.2) is 0 Å². The maximum absolute atomic E-state index is 11.8. The summed E-state index contributed by atoms with van der Waals surface area (Å²) in [7, 11) is 1.64. The van der Waals surface area contributed by atoms with Crippen molar-refractivity contribution in [3.63, 3.8) is 0 Å². The zero-order chi connectivity index (χ0) is 12.7. The predicted octanol–water partition coefficient (Wildman–Crippen LogP) is 1.46. The molecular formula is C13H19NO2S. The molecule has 3 nitrogen and oxygen atoms in total. The first-order chi connectivity index (χ1) is 8.17. The normalized spacial score (nSPS) is 14.1. The van der Waals surface area contributed by atoms with Crippen LogP contribution in [0.4, 0.5) is 0 Å². The quantitative estimate of drug-likeness (QED) is 0.807. The van der Waals surface area contributed by atoms with Crippen molar-refractivity contribution in [3.8, 4) is 0 Å². The number of benzene rings is 1. The van der Waals surface area contributed by atoms with Crippen LogP contribution in [-0.4, -0.2) is 35.2 Å². The second kappa shape index (κ2) is 7.35. The van der Waals surface area contributed by atoms with Crippen LogP contribution in [0.5, 0.6) is 0 Å². The van der Waals surface area contributed by atoms with Crippen LogP contribution < -0.4 is 5.32 Å². The lowest BCUT2D eigenvalue weighted by Gasteiger charge is -2.18. The molecule has 2 atom stereocenters. The van der Waals surface area contributed by atoms with Crippen LogP contribution in [0.25, 0.3) is 0 Å². The van der Waals surface area contributed by atoms with Gasteiger partial charge in [-0.05, 0) is 12.0 Å². The molecule has 0 bridgehead atoms. The highest BCUT2D eigenvalue weighted by atomic mass is 32.2. The van der Waals surface area contributed by atoms with Gasteiger partial charge in [-0.2, -0.15) is 0 Å². The third kappa shape index (κ3) is 4.79. The van der Waals surface area contributed by atoms with Gasteiger partial charge in [-0.1, -0.05) is 37.3 Å². The maximum Gasteiger partial charge on any atom is 0.233 e. The van der Waals surface area contributed by atoms with E-state index in [1.807, 2.05) is 37.3 Å². The summed E-state index contributed by atoms with van der Waals surface area (Å²) in [6, 6.07) is 9.93. The molecule has 0 aliphatic rings. The largest absolute Gasteiger partial charge is 0.395 e. The Kier molecular flexibility index (Phi) is 6.08. The summed E-state index contributed by atoms with van der Waals surface area (Å²) >= 11 is 1.51. The standard InChI is InChI=1S/C13H19NO2S/c1-10(9-15)17-12(13(16)14-2)8-11-6-4-3-5-7-11/h3-7,10,12,15H,8-9H2,1-2H3,(H,14,16)/t10-,12+/m1/s1. The Bertz CT molecular complexity index is 343. The Morgan fingerprint density at radius 2 is 2.06 bits per heavy atom. The SMILES string of the molecule is CNC(=O)[C@H](Cc1ccccc1)S[C@H](C)CO. The van der Waals surface area contributed by atoms with Crippen molar-refractivity contribution in [1.82, 2.24) is 5.32 Å². The first kappa shape index (κ1) is 14.1. The van der Waals surface area contributed by atoms with E-state index in [4.69, 9.17) is 5.11 Å². The van der Waals surface area contributed by atoms with Crippen molar-refractivity contribution in [1.29, 1.82) is 0 Å². The molecule has 94 valence electrons. The summed E-state index contributed by atoms with van der Waals surface area (Å²) in [5.74, 6) is 0.0131. The van der Waals surface area contributed by atoms with Gasteiger partial charge in [0.1, 0.15) is 0 Å². The highest BCUT2D eigenvalue weighted by molar-refractivity contribution is 8.01. The van der Waals surface area contributed by atoms with E-state index in [0.29, 0.717) is 6.42 Å². The van der Waals surface area contributed by atoms with Crippen molar-refractivity contribution >= 4 is 17.7 Å². The van der Waals surface area contributed by atoms with Gasteiger partial charge >= 0.3 is 0 Å². The topological polar surface area (TPSA) is 49.3 Å². The molecule has 0 saturated carbocycles. The molecule has 0 aromatic heterocycles. The molecule has 0 aliphatic heterocycles. The van der Waals surface area contributed by atoms with Gasteiger partial charge in [0.2, 0.25) is 5.91 Å². The Labute approximate surface area is 107 Å². The summed E-state index contributed by atoms with van der Waals surface area (Å²) in [4.78, 5) is 11.8. The number of amides is 1. The number of carbonyl (C=O) groups is 1. The maximum atomic E-state index is 11.8. The fraction of sp³-hybridized carbons (Fsp3) is 0.462. The van der Waals surface area contributed by atoms with Crippen LogP contribution in [-0.2, 0) is 11.2 Å². The Hall–Kier alpha value is -1.00. The second-order valence-corrected chi connectivity index (χ2v) is 5.57. The van der Waals surface area contributed by atoms with E-state index in [2.05, 4.69) is 5.32 Å². The fourth-order valence-corrected chi connectivity index (χ4v) is 2.69. The zero-order valence-corrected chi connectivity index (χ0v) is 11.0. The fourth-order valence-electron chi connectivity index (χ4n) is 1.52. The minimum Gasteiger partial charge on any atom is -0.395 e. The summed E-state index contributed by atoms with van der Waals surface area (Å²) < 4.78 is 0. The van der Waals surface area contributed by atoms with Crippen LogP contribution in [0.2, 0.25) is 0 Å². The molecule has 2 N–H and O–H groups in total. The second-order valence-electron chi connectivity index (χ2n) is 3.92. The van der Waals surface area contributed by atoms with Gasteiger partial charge in [0.15, 0.2) is 0 Å². The highest BCUT2D eigenvalue weighted by Crippen LogP contribution is 2.21. The van der Waals surface area contributed by atoms with Crippen molar-refractivity contribution < 1.29 is 9.90 Å². The smallest absolute Gasteiger partial charge is 0.233 e. The predicted molar refractivity (Wildman–Crippen MR) is 72.1 cm³/mol. The van der Waals surface area contributed by atoms with E-state index in [1.54, 1.807) is 7.05 Å². The van der Waals surface area contributed by atoms with Gasteiger partial charge < -0.3 is 10.4 Å². The van der Waals surface area contributed by atoms with E-state index in [1.165, 1.54) is 11.8 Å². The zero-order valence-electron chi connectivity index (χ0n) is 10.2. The Morgan fingerprint density at radius 3 is 2.59 bits per heavy atom. The number of aliphatic hydroxyl groups is 1. The molecule has 0 saturated heterocycles. The monoisotopic (exact) mass is 253 g/mol. The number of nitrogens with one attached hydrogen (secondary N) is 1. The van der Waals surface area contributed by atoms with Crippen LogP contribution in [0.1, 0.15) is 12.5 Å². The lowest BCUT2D eigenvalue weighted by atomic mass is 10.1. The number of hydrogen-bond donors (Lipinski definition) is 2. The number of carbonyl (C=O) groups excluding carboxylic acids is 1. The number of thioether (sulfide) groups is 1. The van der Waals surface area contributed by atoms with Gasteiger partial charge in [-0.3, -0.25) is 4.79 Å². The summed E-state index contributed by atoms with van der Waals surface area (Å²) in [6.45, 7) is 2.01. The van der Waals surface area contributed by atoms with E-state index in [9.17, 15) is 4.79 Å². The van der Waals surface area contributed by atoms with Crippen LogP contribution >= 0.6 is 11.8 Å². The molecular weight excluding hydrogens is 234 g/mol. The van der Waals surface area contributed by atoms with E-state index in [-0.39, 0.29) is 23.0 Å². The number of rotatable bonds is 6. The van der Waals surface area contributed by atoms with Gasteiger partial charge in [-0.15, -0.1) is 11.8 Å². The van der Waals surface area contributed by atoms with Crippen molar-refractivity contribution in [2.75, 3.05) is 13.7 Å². The molecule has 0 radical (unpaired) electrons. The molecule has 1 rings (SSSR count). The van der Waals surface area contributed by atoms with Gasteiger partial charge in [0.05, 0.1) is 11.9 Å². The third-order valence-electron chi connectivity index (χ3n) is 2.46. The van der Waals surface area contributed by atoms with E-state index >= 15 is 0 Å². The lowest BCUT2D eigenvalue weighted by Crippen LogP contribution is -2.32. The van der Waals surface area contributed by atoms with Crippen molar-refractivity contribution in [2.24, 2.45) is 0 Å². The molecule has 17 heavy (non-hydrogen) atoms. The lowest BCUT2D eigenvalue weighted by molar-refractivity contribution is -0.120. The third-order valence-corrected chi connectivity index (χ3v) is 3.78. The van der Waals surface area contributed by atoms with Crippen LogP contribution in [0.15, 0.2) is 30.3 Å². The summed E-state index contributed by atoms with van der Waals surface area (Å²) in [5.41, 5.74) is 1.14. The Morgan fingerprint density at radius 1 is 1.41 bits per heavy atom. The van der Waals surface area contributed by atoms with Crippen molar-refractivity contribution in [2.45, 2.75) is 23.8 Å². The average molecular weight is 253 g/mol. The molecule has 0 heterocycles. The molecule has 1 aromatic carbocycles. The molecule has 4 heteroatoms. The Balaban J connectivity index is 2.67. The molecule has 0 unspecified atom stereocenters. The number of aliphatic hydroxyl groups excluding tert-OH is 1. The highest BCUT2D eigenvalue weighted by Gasteiger charge is 2.20. The molecule has 0 spiro atoms. The molecule has 0 aliphatic carbocycles. The molecule has 1 amide bonds. The first-order valence-corrected chi connectivity index (χ1v) is 6.63. The van der Waals surface area contributed by atoms with Crippen LogP contribution in [0.3, 0.4) is 0 Å². The molecule has 0 fully saturated rings. The minimum atomic E-state index is -0.149. The summed E-state index contributed by atoms with van der Waals surface area (Å²) in [6.07, 6.45) is 0.690.